The van der Waals surface area contributed by atoms with E-state index in [9.17, 15) is 5.11 Å². The van der Waals surface area contributed by atoms with E-state index in [1.807, 2.05) is 18.2 Å². The Morgan fingerprint density at radius 2 is 2.14 bits per heavy atom. The van der Waals surface area contributed by atoms with E-state index in [1.165, 1.54) is 6.42 Å². The fourth-order valence-electron chi connectivity index (χ4n) is 1.45. The van der Waals surface area contributed by atoms with Gasteiger partial charge in [0.15, 0.2) is 0 Å². The first kappa shape index (κ1) is 10.6. The molecular formula is C12H15NO. The number of phenols is 1. The van der Waals surface area contributed by atoms with Gasteiger partial charge in [-0.1, -0.05) is 31.9 Å². The maximum atomic E-state index is 9.67. The third-order valence-corrected chi connectivity index (χ3v) is 2.29. The minimum Gasteiger partial charge on any atom is -0.506 e. The van der Waals surface area contributed by atoms with Crippen LogP contribution in [0.15, 0.2) is 18.2 Å². The number of hydrogen-bond donors (Lipinski definition) is 1. The lowest BCUT2D eigenvalue weighted by molar-refractivity contribution is 0.464. The first-order valence-corrected chi connectivity index (χ1v) is 5.00. The second-order valence-electron chi connectivity index (χ2n) is 3.38. The van der Waals surface area contributed by atoms with Gasteiger partial charge in [0.05, 0.1) is 5.56 Å². The zero-order valence-electron chi connectivity index (χ0n) is 8.45. The number of unbranched alkanes of at least 4 members (excludes halogenated alkanes) is 2. The molecule has 0 aliphatic rings. The maximum Gasteiger partial charge on any atom is 0.136 e. The number of para-hydroxylation sites is 1. The van der Waals surface area contributed by atoms with Gasteiger partial charge in [0, 0.05) is 0 Å². The number of rotatable bonds is 4. The molecule has 0 radical (unpaired) electrons. The molecule has 1 rings (SSSR count). The SMILES string of the molecule is CCCCCc1cccc(C#N)c1O. The molecular weight excluding hydrogens is 174 g/mol. The molecule has 1 N–H and O–H groups in total. The zero-order chi connectivity index (χ0) is 10.4. The second-order valence-corrected chi connectivity index (χ2v) is 3.38. The molecule has 0 saturated carbocycles. The van der Waals surface area contributed by atoms with E-state index >= 15 is 0 Å². The number of nitriles is 1. The Kier molecular flexibility index (Phi) is 4.00. The largest absolute Gasteiger partial charge is 0.506 e. The minimum atomic E-state index is 0.158. The highest BCUT2D eigenvalue weighted by Gasteiger charge is 2.05. The van der Waals surface area contributed by atoms with E-state index in [1.54, 1.807) is 6.07 Å². The predicted molar refractivity (Wildman–Crippen MR) is 56.1 cm³/mol. The van der Waals surface area contributed by atoms with Crippen LogP contribution < -0.4 is 0 Å². The number of benzene rings is 1. The van der Waals surface area contributed by atoms with Crippen molar-refractivity contribution in [3.63, 3.8) is 0 Å². The summed E-state index contributed by atoms with van der Waals surface area (Å²) in [5.74, 6) is 0.158. The molecule has 1 aromatic rings. The van der Waals surface area contributed by atoms with Crippen LogP contribution in [0.1, 0.15) is 37.3 Å². The van der Waals surface area contributed by atoms with Crippen LogP contribution in [0.25, 0.3) is 0 Å². The van der Waals surface area contributed by atoms with Crippen molar-refractivity contribution in [2.45, 2.75) is 32.6 Å². The molecule has 0 atom stereocenters. The van der Waals surface area contributed by atoms with Crippen molar-refractivity contribution in [1.29, 1.82) is 5.26 Å². The Morgan fingerprint density at radius 1 is 1.36 bits per heavy atom. The fourth-order valence-corrected chi connectivity index (χ4v) is 1.45. The molecule has 0 heterocycles. The lowest BCUT2D eigenvalue weighted by atomic mass is 10.0. The van der Waals surface area contributed by atoms with E-state index < -0.39 is 0 Å². The van der Waals surface area contributed by atoms with E-state index in [2.05, 4.69) is 6.92 Å². The van der Waals surface area contributed by atoms with Crippen molar-refractivity contribution in [2.75, 3.05) is 0 Å². The lowest BCUT2D eigenvalue weighted by Crippen LogP contribution is -1.88. The van der Waals surface area contributed by atoms with E-state index in [0.29, 0.717) is 5.56 Å². The summed E-state index contributed by atoms with van der Waals surface area (Å²) in [5.41, 5.74) is 1.26. The van der Waals surface area contributed by atoms with Crippen molar-refractivity contribution in [2.24, 2.45) is 0 Å². The summed E-state index contributed by atoms with van der Waals surface area (Å²) in [7, 11) is 0. The van der Waals surface area contributed by atoms with Crippen molar-refractivity contribution < 1.29 is 5.11 Å². The molecule has 2 heteroatoms. The highest BCUT2D eigenvalue weighted by atomic mass is 16.3. The van der Waals surface area contributed by atoms with Gasteiger partial charge in [-0.15, -0.1) is 0 Å². The van der Waals surface area contributed by atoms with Gasteiger partial charge in [0.2, 0.25) is 0 Å². The zero-order valence-corrected chi connectivity index (χ0v) is 8.45. The van der Waals surface area contributed by atoms with Crippen LogP contribution in [-0.4, -0.2) is 5.11 Å². The van der Waals surface area contributed by atoms with Gasteiger partial charge in [0.1, 0.15) is 11.8 Å². The van der Waals surface area contributed by atoms with Gasteiger partial charge in [-0.05, 0) is 24.5 Å². The number of hydrogen-bond acceptors (Lipinski definition) is 2. The Morgan fingerprint density at radius 3 is 2.79 bits per heavy atom. The van der Waals surface area contributed by atoms with Crippen molar-refractivity contribution >= 4 is 0 Å². The first-order valence-electron chi connectivity index (χ1n) is 5.00. The summed E-state index contributed by atoms with van der Waals surface area (Å²) >= 11 is 0. The van der Waals surface area contributed by atoms with Crippen LogP contribution in [0.5, 0.6) is 5.75 Å². The quantitative estimate of drug-likeness (QED) is 0.740. The minimum absolute atomic E-state index is 0.158. The van der Waals surface area contributed by atoms with Crippen LogP contribution in [0.2, 0.25) is 0 Å². The normalized spacial score (nSPS) is 9.71. The second kappa shape index (κ2) is 5.29. The Balaban J connectivity index is 2.73. The van der Waals surface area contributed by atoms with Gasteiger partial charge in [-0.25, -0.2) is 0 Å². The monoisotopic (exact) mass is 189 g/mol. The number of phenolic OH excluding ortho intramolecular Hbond substituents is 1. The maximum absolute atomic E-state index is 9.67. The molecule has 0 unspecified atom stereocenters. The summed E-state index contributed by atoms with van der Waals surface area (Å²) < 4.78 is 0. The Labute approximate surface area is 84.8 Å². The standard InChI is InChI=1S/C12H15NO/c1-2-3-4-6-10-7-5-8-11(9-13)12(10)14/h5,7-8,14H,2-4,6H2,1H3. The van der Waals surface area contributed by atoms with Crippen LogP contribution in [-0.2, 0) is 6.42 Å². The number of nitrogens with zero attached hydrogens (tertiary/aromatic N) is 1. The molecule has 2 nitrogen and oxygen atoms in total. The van der Waals surface area contributed by atoms with E-state index in [0.717, 1.165) is 24.8 Å². The summed E-state index contributed by atoms with van der Waals surface area (Å²) in [6, 6.07) is 7.31. The molecule has 0 bridgehead atoms. The number of aromatic hydroxyl groups is 1. The Bertz CT molecular complexity index is 339. The van der Waals surface area contributed by atoms with Crippen molar-refractivity contribution in [3.05, 3.63) is 29.3 Å². The molecule has 14 heavy (non-hydrogen) atoms. The summed E-state index contributed by atoms with van der Waals surface area (Å²) in [6.07, 6.45) is 4.25. The summed E-state index contributed by atoms with van der Waals surface area (Å²) in [5, 5.41) is 18.4. The van der Waals surface area contributed by atoms with Gasteiger partial charge in [-0.3, -0.25) is 0 Å². The number of aryl methyl sites for hydroxylation is 1. The smallest absolute Gasteiger partial charge is 0.136 e. The topological polar surface area (TPSA) is 44.0 Å². The third kappa shape index (κ3) is 2.50. The van der Waals surface area contributed by atoms with Gasteiger partial charge in [0.25, 0.3) is 0 Å². The molecule has 1 aromatic carbocycles. The van der Waals surface area contributed by atoms with Crippen LogP contribution in [0, 0.1) is 11.3 Å². The van der Waals surface area contributed by atoms with Crippen LogP contribution in [0.3, 0.4) is 0 Å². The predicted octanol–water partition coefficient (Wildman–Crippen LogP) is 3.00. The van der Waals surface area contributed by atoms with E-state index in [-0.39, 0.29) is 5.75 Å². The molecule has 0 amide bonds. The van der Waals surface area contributed by atoms with Crippen molar-refractivity contribution in [1.82, 2.24) is 0 Å². The van der Waals surface area contributed by atoms with E-state index in [4.69, 9.17) is 5.26 Å². The van der Waals surface area contributed by atoms with Gasteiger partial charge in [-0.2, -0.15) is 5.26 Å². The highest BCUT2D eigenvalue weighted by Crippen LogP contribution is 2.23. The first-order chi connectivity index (χ1) is 6.79. The van der Waals surface area contributed by atoms with Gasteiger partial charge < -0.3 is 5.11 Å². The Hall–Kier alpha value is -1.49. The van der Waals surface area contributed by atoms with Crippen LogP contribution in [0.4, 0.5) is 0 Å². The summed E-state index contributed by atoms with van der Waals surface area (Å²) in [4.78, 5) is 0. The fraction of sp³-hybridized carbons (Fsp3) is 0.417. The summed E-state index contributed by atoms with van der Waals surface area (Å²) in [6.45, 7) is 2.14. The molecule has 0 aliphatic carbocycles. The third-order valence-electron chi connectivity index (χ3n) is 2.29. The molecule has 0 spiro atoms. The molecule has 0 saturated heterocycles. The average molecular weight is 189 g/mol. The van der Waals surface area contributed by atoms with Crippen LogP contribution >= 0.6 is 0 Å². The van der Waals surface area contributed by atoms with Gasteiger partial charge >= 0.3 is 0 Å². The lowest BCUT2D eigenvalue weighted by Gasteiger charge is -2.04. The molecule has 0 aromatic heterocycles. The molecule has 74 valence electrons. The van der Waals surface area contributed by atoms with Crippen molar-refractivity contribution in [3.8, 4) is 11.8 Å². The highest BCUT2D eigenvalue weighted by molar-refractivity contribution is 5.47. The molecule has 0 aliphatic heterocycles. The molecule has 0 fully saturated rings. The average Bonchev–Trinajstić information content (AvgIpc) is 2.21.